The van der Waals surface area contributed by atoms with E-state index in [0.717, 1.165) is 25.7 Å². The van der Waals surface area contributed by atoms with Gasteiger partial charge in [-0.05, 0) is 31.4 Å². The molecule has 0 aliphatic carbocycles. The van der Waals surface area contributed by atoms with E-state index in [1.807, 2.05) is 0 Å². The van der Waals surface area contributed by atoms with Crippen LogP contribution in [0.2, 0.25) is 0 Å². The van der Waals surface area contributed by atoms with Crippen LogP contribution in [-0.2, 0) is 0 Å². The molecule has 0 amide bonds. The molecule has 0 aliphatic rings. The lowest BCUT2D eigenvalue weighted by Crippen LogP contribution is -2.16. The Balaban J connectivity index is 2.96. The predicted molar refractivity (Wildman–Crippen MR) is 68.8 cm³/mol. The van der Waals surface area contributed by atoms with Gasteiger partial charge in [0.15, 0.2) is 5.78 Å². The van der Waals surface area contributed by atoms with Crippen molar-refractivity contribution in [2.24, 2.45) is 5.92 Å². The summed E-state index contributed by atoms with van der Waals surface area (Å²) in [5.74, 6) is -0.140. The van der Waals surface area contributed by atoms with Gasteiger partial charge in [-0.15, -0.1) is 0 Å². The van der Waals surface area contributed by atoms with Crippen LogP contribution < -0.4 is 0 Å². The minimum absolute atomic E-state index is 0.0468. The second-order valence-electron chi connectivity index (χ2n) is 4.55. The number of halogens is 1. The standard InChI is InChI=1S/C15H21FO/c1-4-7-12(8-5-2)15(17)13-9-6-10-14(16)11(13)3/h6,9-10,12H,4-5,7-8H2,1-3H3. The van der Waals surface area contributed by atoms with E-state index < -0.39 is 0 Å². The van der Waals surface area contributed by atoms with E-state index in [1.54, 1.807) is 19.1 Å². The van der Waals surface area contributed by atoms with Crippen molar-refractivity contribution in [2.45, 2.75) is 46.5 Å². The van der Waals surface area contributed by atoms with Gasteiger partial charge in [0.2, 0.25) is 0 Å². The highest BCUT2D eigenvalue weighted by atomic mass is 19.1. The van der Waals surface area contributed by atoms with Crippen molar-refractivity contribution in [3.8, 4) is 0 Å². The molecule has 0 aliphatic heterocycles. The number of Topliss-reactive ketones (excluding diaryl/α,β-unsaturated/α-hetero) is 1. The van der Waals surface area contributed by atoms with E-state index in [0.29, 0.717) is 11.1 Å². The third-order valence-corrected chi connectivity index (χ3v) is 3.18. The number of hydrogen-bond donors (Lipinski definition) is 0. The Morgan fingerprint density at radius 3 is 2.35 bits per heavy atom. The summed E-state index contributed by atoms with van der Waals surface area (Å²) in [5.41, 5.74) is 1.03. The molecule has 1 nitrogen and oxygen atoms in total. The first-order valence-electron chi connectivity index (χ1n) is 6.41. The fraction of sp³-hybridized carbons (Fsp3) is 0.533. The minimum Gasteiger partial charge on any atom is -0.294 e. The van der Waals surface area contributed by atoms with Crippen LogP contribution in [-0.4, -0.2) is 5.78 Å². The first-order chi connectivity index (χ1) is 8.11. The quantitative estimate of drug-likeness (QED) is 0.663. The number of hydrogen-bond acceptors (Lipinski definition) is 1. The summed E-state index contributed by atoms with van der Waals surface area (Å²) < 4.78 is 13.4. The van der Waals surface area contributed by atoms with Crippen LogP contribution in [0.3, 0.4) is 0 Å². The first-order valence-corrected chi connectivity index (χ1v) is 6.41. The molecule has 1 rings (SSSR count). The predicted octanol–water partition coefficient (Wildman–Crippen LogP) is 4.53. The van der Waals surface area contributed by atoms with Crippen molar-refractivity contribution in [2.75, 3.05) is 0 Å². The van der Waals surface area contributed by atoms with Crippen LogP contribution in [0, 0.1) is 18.7 Å². The van der Waals surface area contributed by atoms with Gasteiger partial charge in [0.1, 0.15) is 5.82 Å². The molecular formula is C15H21FO. The Hall–Kier alpha value is -1.18. The summed E-state index contributed by atoms with van der Waals surface area (Å²) in [6, 6.07) is 4.75. The van der Waals surface area contributed by atoms with Gasteiger partial charge in [-0.2, -0.15) is 0 Å². The number of ketones is 1. The fourth-order valence-corrected chi connectivity index (χ4v) is 2.20. The van der Waals surface area contributed by atoms with Crippen molar-refractivity contribution in [3.05, 3.63) is 35.1 Å². The van der Waals surface area contributed by atoms with Crippen LogP contribution >= 0.6 is 0 Å². The Morgan fingerprint density at radius 2 is 1.82 bits per heavy atom. The molecule has 0 heterocycles. The van der Waals surface area contributed by atoms with E-state index in [4.69, 9.17) is 0 Å². The Labute approximate surface area is 103 Å². The van der Waals surface area contributed by atoms with Gasteiger partial charge in [0, 0.05) is 11.5 Å². The average Bonchev–Trinajstić information content (AvgIpc) is 2.31. The zero-order valence-electron chi connectivity index (χ0n) is 10.9. The lowest BCUT2D eigenvalue weighted by Gasteiger charge is -2.15. The third kappa shape index (κ3) is 3.39. The second kappa shape index (κ2) is 6.53. The van der Waals surface area contributed by atoms with Gasteiger partial charge in [-0.3, -0.25) is 4.79 Å². The fourth-order valence-electron chi connectivity index (χ4n) is 2.20. The van der Waals surface area contributed by atoms with Gasteiger partial charge in [-0.25, -0.2) is 4.39 Å². The summed E-state index contributed by atoms with van der Waals surface area (Å²) in [6.07, 6.45) is 3.76. The molecule has 0 unspecified atom stereocenters. The summed E-state index contributed by atoms with van der Waals surface area (Å²) >= 11 is 0. The molecule has 0 saturated heterocycles. The highest BCUT2D eigenvalue weighted by Crippen LogP contribution is 2.22. The van der Waals surface area contributed by atoms with Crippen molar-refractivity contribution < 1.29 is 9.18 Å². The average molecular weight is 236 g/mol. The van der Waals surface area contributed by atoms with E-state index in [1.165, 1.54) is 6.07 Å². The molecule has 17 heavy (non-hydrogen) atoms. The summed E-state index contributed by atoms with van der Waals surface area (Å²) in [6.45, 7) is 5.83. The molecule has 1 aromatic carbocycles. The molecule has 0 saturated carbocycles. The molecule has 94 valence electrons. The molecule has 0 spiro atoms. The number of benzene rings is 1. The summed E-state index contributed by atoms with van der Waals surface area (Å²) in [7, 11) is 0. The van der Waals surface area contributed by atoms with Crippen LogP contribution in [0.4, 0.5) is 4.39 Å². The normalized spacial score (nSPS) is 10.9. The zero-order valence-corrected chi connectivity index (χ0v) is 10.9. The Kier molecular flexibility index (Phi) is 5.33. The first kappa shape index (κ1) is 13.9. The SMILES string of the molecule is CCCC(CCC)C(=O)c1cccc(F)c1C. The maximum absolute atomic E-state index is 13.4. The van der Waals surface area contributed by atoms with Crippen molar-refractivity contribution >= 4 is 5.78 Å². The van der Waals surface area contributed by atoms with Gasteiger partial charge in [0.25, 0.3) is 0 Å². The monoisotopic (exact) mass is 236 g/mol. The van der Waals surface area contributed by atoms with Gasteiger partial charge in [0.05, 0.1) is 0 Å². The maximum Gasteiger partial charge on any atom is 0.166 e. The number of carbonyl (C=O) groups excluding carboxylic acids is 1. The van der Waals surface area contributed by atoms with Gasteiger partial charge in [-0.1, -0.05) is 38.8 Å². The summed E-state index contributed by atoms with van der Waals surface area (Å²) in [4.78, 5) is 12.3. The number of carbonyl (C=O) groups is 1. The minimum atomic E-state index is -0.289. The zero-order chi connectivity index (χ0) is 12.8. The molecule has 0 fully saturated rings. The van der Waals surface area contributed by atoms with E-state index in [-0.39, 0.29) is 17.5 Å². The molecule has 0 radical (unpaired) electrons. The largest absolute Gasteiger partial charge is 0.294 e. The van der Waals surface area contributed by atoms with Crippen molar-refractivity contribution in [3.63, 3.8) is 0 Å². The highest BCUT2D eigenvalue weighted by molar-refractivity contribution is 5.99. The van der Waals surface area contributed by atoms with Crippen LogP contribution in [0.5, 0.6) is 0 Å². The Bertz CT molecular complexity index is 379. The molecule has 2 heteroatoms. The molecule has 1 aromatic rings. The van der Waals surface area contributed by atoms with Gasteiger partial charge < -0.3 is 0 Å². The highest BCUT2D eigenvalue weighted by Gasteiger charge is 2.20. The van der Waals surface area contributed by atoms with Crippen LogP contribution in [0.1, 0.15) is 55.5 Å². The second-order valence-corrected chi connectivity index (χ2v) is 4.55. The summed E-state index contributed by atoms with van der Waals surface area (Å²) in [5, 5.41) is 0. The molecule has 0 atom stereocenters. The lowest BCUT2D eigenvalue weighted by molar-refractivity contribution is 0.0903. The smallest absolute Gasteiger partial charge is 0.166 e. The maximum atomic E-state index is 13.4. The van der Waals surface area contributed by atoms with Crippen molar-refractivity contribution in [1.29, 1.82) is 0 Å². The molecular weight excluding hydrogens is 215 g/mol. The lowest BCUT2D eigenvalue weighted by atomic mass is 9.88. The number of rotatable bonds is 6. The van der Waals surface area contributed by atoms with E-state index in [2.05, 4.69) is 13.8 Å². The van der Waals surface area contributed by atoms with Crippen molar-refractivity contribution in [1.82, 2.24) is 0 Å². The third-order valence-electron chi connectivity index (χ3n) is 3.18. The molecule has 0 bridgehead atoms. The molecule has 0 aromatic heterocycles. The van der Waals surface area contributed by atoms with E-state index in [9.17, 15) is 9.18 Å². The van der Waals surface area contributed by atoms with Crippen LogP contribution in [0.15, 0.2) is 18.2 Å². The van der Waals surface area contributed by atoms with Crippen LogP contribution in [0.25, 0.3) is 0 Å². The van der Waals surface area contributed by atoms with Gasteiger partial charge >= 0.3 is 0 Å². The van der Waals surface area contributed by atoms with E-state index >= 15 is 0 Å². The Morgan fingerprint density at radius 1 is 1.24 bits per heavy atom. The molecule has 0 N–H and O–H groups in total. The topological polar surface area (TPSA) is 17.1 Å².